The van der Waals surface area contributed by atoms with Crippen LogP contribution in [0.3, 0.4) is 0 Å². The molecular weight excluding hydrogens is 857 g/mol. The Labute approximate surface area is 389 Å². The molecule has 8 rings (SSSR count). The Morgan fingerprint density at radius 3 is 1.70 bits per heavy atom. The molecule has 0 radical (unpaired) electrons. The number of nitrogens with zero attached hydrogens (tertiary/aromatic N) is 6. The van der Waals surface area contributed by atoms with E-state index in [4.69, 9.17) is 19.2 Å². The molecule has 2 saturated heterocycles. The van der Waals surface area contributed by atoms with E-state index in [1.165, 1.54) is 14.2 Å². The van der Waals surface area contributed by atoms with Gasteiger partial charge in [-0.3, -0.25) is 9.59 Å². The number of carbonyl (C=O) groups is 5. The minimum Gasteiger partial charge on any atom is -0.496 e. The van der Waals surface area contributed by atoms with Gasteiger partial charge in [-0.2, -0.15) is 0 Å². The highest BCUT2D eigenvalue weighted by molar-refractivity contribution is 5.88. The highest BCUT2D eigenvalue weighted by atomic mass is 16.5. The first kappa shape index (κ1) is 46.2. The third-order valence-corrected chi connectivity index (χ3v) is 12.9. The van der Waals surface area contributed by atoms with Crippen LogP contribution in [0, 0.1) is 11.8 Å². The summed E-state index contributed by atoms with van der Waals surface area (Å²) in [7, 11) is 4.15. The van der Waals surface area contributed by atoms with Crippen molar-refractivity contribution in [1.29, 1.82) is 0 Å². The fourth-order valence-corrected chi connectivity index (χ4v) is 9.22. The number of nitrogens with one attached hydrogen (secondary N) is 4. The molecule has 2 fully saturated rings. The molecule has 67 heavy (non-hydrogen) atoms. The van der Waals surface area contributed by atoms with Gasteiger partial charge in [0, 0.05) is 18.7 Å². The molecule has 18 heteroatoms. The molecule has 3 aromatic carbocycles. The number of alkyl carbamates (subject to hydrolysis) is 2. The number of methoxy groups -OCH3 is 3. The molecule has 4 N–H and O–H groups in total. The standard InChI is InChI=1S/C49H58N10O8/c1-28(2)41(54-47(62)66-6)45(60)58-21-9-11-38(58)43-50-22-36(52-43)32-17-13-30(14-18-32)31-15-19-33(20-16-31)37-23-51-44(53-37)39-26-57(27-59(39)46(61)42(29(3)4)55-48(63)67-7)49(64)56-24-34-10-8-12-40(65-5)35(34)25-56/h8,10,12-20,22-23,28-29,38-39,41-42H,9,11,21,24-27H2,1-7H3,(H,50,52)(H,51,53)(H,54,62)(H,55,63)/t38?,39?,41-,42-/m0/s1. The molecule has 2 aromatic heterocycles. The molecular formula is C49H58N10O8. The maximum absolute atomic E-state index is 14.3. The van der Waals surface area contributed by atoms with Crippen molar-refractivity contribution in [1.82, 2.24) is 50.2 Å². The summed E-state index contributed by atoms with van der Waals surface area (Å²) in [5.74, 6) is 1.03. The van der Waals surface area contributed by atoms with Crippen molar-refractivity contribution < 1.29 is 38.2 Å². The Morgan fingerprint density at radius 1 is 0.657 bits per heavy atom. The Bertz CT molecular complexity index is 2610. The van der Waals surface area contributed by atoms with Gasteiger partial charge in [-0.05, 0) is 58.6 Å². The number of hydrogen-bond acceptors (Lipinski definition) is 10. The summed E-state index contributed by atoms with van der Waals surface area (Å²) in [4.78, 5) is 89.5. The third-order valence-electron chi connectivity index (χ3n) is 12.9. The molecule has 5 aromatic rings. The van der Waals surface area contributed by atoms with Gasteiger partial charge in [-0.15, -0.1) is 0 Å². The monoisotopic (exact) mass is 914 g/mol. The second-order valence-corrected chi connectivity index (χ2v) is 17.8. The van der Waals surface area contributed by atoms with Crippen molar-refractivity contribution in [2.45, 2.75) is 77.8 Å². The second kappa shape index (κ2) is 19.6. The minimum absolute atomic E-state index is 0.0000617. The average molecular weight is 915 g/mol. The molecule has 0 spiro atoms. The van der Waals surface area contributed by atoms with Crippen molar-refractivity contribution in [3.05, 3.63) is 102 Å². The van der Waals surface area contributed by atoms with E-state index in [0.29, 0.717) is 31.3 Å². The van der Waals surface area contributed by atoms with Gasteiger partial charge >= 0.3 is 18.2 Å². The van der Waals surface area contributed by atoms with Crippen molar-refractivity contribution >= 4 is 30.0 Å². The lowest BCUT2D eigenvalue weighted by molar-refractivity contribution is -0.136. The number of likely N-dealkylation sites (tertiary alicyclic amines) is 1. The van der Waals surface area contributed by atoms with Crippen LogP contribution in [-0.4, -0.2) is 123 Å². The Morgan fingerprint density at radius 2 is 1.18 bits per heavy atom. The zero-order chi connectivity index (χ0) is 47.5. The minimum atomic E-state index is -0.902. The van der Waals surface area contributed by atoms with E-state index in [1.807, 2.05) is 94.4 Å². The number of fused-ring (bicyclic) bond motifs is 1. The molecule has 352 valence electrons. The first-order valence-electron chi connectivity index (χ1n) is 22.6. The molecule has 2 unspecified atom stereocenters. The SMILES string of the molecule is COC(=O)N[C@H](C(=O)N1CCCC1c1ncc(-c2ccc(-c3ccc(-c4cnc(C5CN(C(=O)N6Cc7cccc(OC)c7C6)CN5C(=O)[C@@H](NC(=O)OC)C(C)C)[nH]4)cc3)cc2)[nH]1)C(C)C. The Kier molecular flexibility index (Phi) is 13.5. The predicted molar refractivity (Wildman–Crippen MR) is 248 cm³/mol. The lowest BCUT2D eigenvalue weighted by atomic mass is 10.0. The van der Waals surface area contributed by atoms with E-state index in [2.05, 4.69) is 25.6 Å². The van der Waals surface area contributed by atoms with Crippen LogP contribution < -0.4 is 15.4 Å². The zero-order valence-electron chi connectivity index (χ0n) is 38.9. The fourth-order valence-electron chi connectivity index (χ4n) is 9.22. The molecule has 0 bridgehead atoms. The van der Waals surface area contributed by atoms with Crippen LogP contribution in [0.15, 0.2) is 79.1 Å². The Hall–Kier alpha value is -7.37. The van der Waals surface area contributed by atoms with Crippen LogP contribution in [0.25, 0.3) is 33.6 Å². The van der Waals surface area contributed by atoms with E-state index >= 15 is 0 Å². The number of hydrogen-bond donors (Lipinski definition) is 4. The van der Waals surface area contributed by atoms with Crippen LogP contribution in [0.2, 0.25) is 0 Å². The van der Waals surface area contributed by atoms with Crippen LogP contribution >= 0.6 is 0 Å². The number of aromatic nitrogens is 4. The number of benzene rings is 3. The smallest absolute Gasteiger partial charge is 0.407 e. The van der Waals surface area contributed by atoms with Crippen LogP contribution in [0.4, 0.5) is 14.4 Å². The van der Waals surface area contributed by atoms with Gasteiger partial charge in [0.15, 0.2) is 0 Å². The maximum atomic E-state index is 14.3. The lowest BCUT2D eigenvalue weighted by Crippen LogP contribution is -2.52. The normalized spacial score (nSPS) is 17.7. The van der Waals surface area contributed by atoms with Gasteiger partial charge in [0.25, 0.3) is 0 Å². The predicted octanol–water partition coefficient (Wildman–Crippen LogP) is 6.85. The first-order chi connectivity index (χ1) is 32.3. The number of carbonyl (C=O) groups excluding carboxylic acids is 5. The van der Waals surface area contributed by atoms with Gasteiger partial charge in [0.05, 0.1) is 70.9 Å². The fraction of sp³-hybridized carbons (Fsp3) is 0.408. The number of H-pyrrole nitrogens is 2. The quantitative estimate of drug-likeness (QED) is 0.102. The maximum Gasteiger partial charge on any atom is 0.407 e. The summed E-state index contributed by atoms with van der Waals surface area (Å²) in [6.07, 6.45) is 3.74. The molecule has 3 aliphatic rings. The zero-order valence-corrected chi connectivity index (χ0v) is 38.9. The number of rotatable bonds is 12. The molecule has 6 amide bonds. The van der Waals surface area contributed by atoms with Crippen molar-refractivity contribution in [2.75, 3.05) is 41.1 Å². The molecule has 0 saturated carbocycles. The van der Waals surface area contributed by atoms with E-state index in [1.54, 1.807) is 39.1 Å². The van der Waals surface area contributed by atoms with E-state index < -0.39 is 30.3 Å². The van der Waals surface area contributed by atoms with E-state index in [0.717, 1.165) is 63.4 Å². The summed E-state index contributed by atoms with van der Waals surface area (Å²) in [6, 6.07) is 19.3. The summed E-state index contributed by atoms with van der Waals surface area (Å²) in [6.45, 7) is 9.02. The van der Waals surface area contributed by atoms with Gasteiger partial charge in [-0.1, -0.05) is 88.4 Å². The summed E-state index contributed by atoms with van der Waals surface area (Å²) in [5.41, 5.74) is 7.37. The molecule has 5 heterocycles. The number of aromatic amines is 2. The van der Waals surface area contributed by atoms with Gasteiger partial charge in [0.2, 0.25) is 11.8 Å². The number of imidazole rings is 2. The topological polar surface area (TPSA) is 207 Å². The highest BCUT2D eigenvalue weighted by Gasteiger charge is 2.44. The van der Waals surface area contributed by atoms with Crippen LogP contribution in [0.5, 0.6) is 5.75 Å². The van der Waals surface area contributed by atoms with Gasteiger partial charge in [0.1, 0.15) is 35.5 Å². The van der Waals surface area contributed by atoms with E-state index in [9.17, 15) is 24.0 Å². The van der Waals surface area contributed by atoms with Crippen molar-refractivity contribution in [3.63, 3.8) is 0 Å². The lowest BCUT2D eigenvalue weighted by Gasteiger charge is -2.30. The highest BCUT2D eigenvalue weighted by Crippen LogP contribution is 2.36. The van der Waals surface area contributed by atoms with Gasteiger partial charge in [-0.25, -0.2) is 24.4 Å². The molecule has 3 aliphatic heterocycles. The van der Waals surface area contributed by atoms with Crippen LogP contribution in [0.1, 0.15) is 75.4 Å². The number of ether oxygens (including phenoxy) is 3. The third kappa shape index (κ3) is 9.51. The average Bonchev–Trinajstić information content (AvgIpc) is 4.21. The van der Waals surface area contributed by atoms with Crippen LogP contribution in [-0.2, 0) is 32.2 Å². The summed E-state index contributed by atoms with van der Waals surface area (Å²) in [5, 5.41) is 5.38. The summed E-state index contributed by atoms with van der Waals surface area (Å²) >= 11 is 0. The molecule has 4 atom stereocenters. The van der Waals surface area contributed by atoms with Gasteiger partial charge < -0.3 is 54.4 Å². The second-order valence-electron chi connectivity index (χ2n) is 17.8. The summed E-state index contributed by atoms with van der Waals surface area (Å²) < 4.78 is 15.2. The van der Waals surface area contributed by atoms with E-state index in [-0.39, 0.29) is 48.9 Å². The largest absolute Gasteiger partial charge is 0.496 e. The number of urea groups is 1. The molecule has 0 aliphatic carbocycles. The Balaban J connectivity index is 0.962. The van der Waals surface area contributed by atoms with Crippen molar-refractivity contribution in [3.8, 4) is 39.4 Å². The first-order valence-corrected chi connectivity index (χ1v) is 22.6. The number of amides is 6. The molecule has 18 nitrogen and oxygen atoms in total. The van der Waals surface area contributed by atoms with Crippen molar-refractivity contribution in [2.24, 2.45) is 11.8 Å².